The van der Waals surface area contributed by atoms with Gasteiger partial charge in [-0.3, -0.25) is 9.48 Å². The minimum atomic E-state index is -0.433. The van der Waals surface area contributed by atoms with Crippen LogP contribution in [0.4, 0.5) is 5.69 Å². The Labute approximate surface area is 125 Å². The summed E-state index contributed by atoms with van der Waals surface area (Å²) in [6.07, 6.45) is 3.53. The molecule has 118 valence electrons. The van der Waals surface area contributed by atoms with Gasteiger partial charge in [0.15, 0.2) is 0 Å². The number of nitrogens with zero attached hydrogens (tertiary/aromatic N) is 3. The smallest absolute Gasteiger partial charge is 0.241 e. The summed E-state index contributed by atoms with van der Waals surface area (Å²) in [6.45, 7) is 8.55. The third-order valence-corrected chi connectivity index (χ3v) is 3.86. The Morgan fingerprint density at radius 3 is 2.95 bits per heavy atom. The summed E-state index contributed by atoms with van der Waals surface area (Å²) in [6, 6.07) is -0.320. The monoisotopic (exact) mass is 295 g/mol. The Morgan fingerprint density at radius 2 is 2.33 bits per heavy atom. The number of amides is 1. The lowest BCUT2D eigenvalue weighted by Gasteiger charge is -2.17. The molecule has 0 radical (unpaired) electrons. The number of β-amino-alcohol motifs (C(OH)–C–C–N with tert-alkyl or cyclic N) is 1. The van der Waals surface area contributed by atoms with Crippen molar-refractivity contribution in [2.75, 3.05) is 31.5 Å². The number of aromatic nitrogens is 2. The quantitative estimate of drug-likeness (QED) is 0.654. The van der Waals surface area contributed by atoms with Gasteiger partial charge in [0.25, 0.3) is 0 Å². The molecule has 2 heterocycles. The van der Waals surface area contributed by atoms with E-state index in [1.54, 1.807) is 6.20 Å². The molecule has 0 bridgehead atoms. The number of carbonyl (C=O) groups is 1. The summed E-state index contributed by atoms with van der Waals surface area (Å²) in [5.74, 6) is -0.116. The van der Waals surface area contributed by atoms with E-state index in [0.29, 0.717) is 18.7 Å². The maximum Gasteiger partial charge on any atom is 0.241 e. The summed E-state index contributed by atoms with van der Waals surface area (Å²) >= 11 is 0. The Hall–Kier alpha value is -1.44. The lowest BCUT2D eigenvalue weighted by atomic mass is 10.2. The zero-order chi connectivity index (χ0) is 15.2. The zero-order valence-electron chi connectivity index (χ0n) is 12.7. The van der Waals surface area contributed by atoms with Crippen LogP contribution in [0.2, 0.25) is 0 Å². The molecular weight excluding hydrogens is 270 g/mol. The number of carbonyl (C=O) groups excluding carboxylic acids is 1. The fourth-order valence-electron chi connectivity index (χ4n) is 2.48. The van der Waals surface area contributed by atoms with Gasteiger partial charge in [0.05, 0.1) is 30.6 Å². The number of hydrogen-bond acceptors (Lipinski definition) is 5. The molecule has 1 fully saturated rings. The number of rotatable bonds is 7. The largest absolute Gasteiger partial charge is 0.392 e. The molecule has 0 saturated carbocycles. The lowest BCUT2D eigenvalue weighted by Crippen LogP contribution is -2.35. The summed E-state index contributed by atoms with van der Waals surface area (Å²) in [5, 5.41) is 19.5. The normalized spacial score (nSPS) is 21.9. The van der Waals surface area contributed by atoms with Crippen molar-refractivity contribution in [3.63, 3.8) is 0 Å². The Bertz CT molecular complexity index is 458. The van der Waals surface area contributed by atoms with E-state index >= 15 is 0 Å². The minimum absolute atomic E-state index is 0.116. The molecule has 1 amide bonds. The second-order valence-corrected chi connectivity index (χ2v) is 5.36. The van der Waals surface area contributed by atoms with Crippen LogP contribution in [0.1, 0.15) is 20.3 Å². The number of hydrogen-bond donors (Lipinski definition) is 3. The first-order chi connectivity index (χ1) is 10.1. The van der Waals surface area contributed by atoms with Crippen LogP contribution in [-0.2, 0) is 11.3 Å². The van der Waals surface area contributed by atoms with Gasteiger partial charge in [-0.2, -0.15) is 5.10 Å². The van der Waals surface area contributed by atoms with Gasteiger partial charge in [-0.1, -0.05) is 13.8 Å². The number of aliphatic hydroxyl groups excluding tert-OH is 1. The maximum absolute atomic E-state index is 12.0. The molecule has 7 heteroatoms. The average Bonchev–Trinajstić information content (AvgIpc) is 3.09. The van der Waals surface area contributed by atoms with Crippen LogP contribution < -0.4 is 10.6 Å². The highest BCUT2D eigenvalue weighted by Crippen LogP contribution is 2.11. The SMILES string of the molecule is CCN(CC)CCn1cc(NC(=O)C2CC(O)CN2)cn1. The molecule has 2 rings (SSSR count). The Morgan fingerprint density at radius 1 is 1.57 bits per heavy atom. The Balaban J connectivity index is 1.81. The topological polar surface area (TPSA) is 82.4 Å². The number of likely N-dealkylation sites (N-methyl/N-ethyl adjacent to an activating group) is 1. The van der Waals surface area contributed by atoms with Crippen LogP contribution in [0.3, 0.4) is 0 Å². The fraction of sp³-hybridized carbons (Fsp3) is 0.714. The van der Waals surface area contributed by atoms with E-state index in [0.717, 1.165) is 26.2 Å². The highest BCUT2D eigenvalue weighted by molar-refractivity contribution is 5.94. The summed E-state index contributed by atoms with van der Waals surface area (Å²) in [4.78, 5) is 14.3. The summed E-state index contributed by atoms with van der Waals surface area (Å²) in [7, 11) is 0. The summed E-state index contributed by atoms with van der Waals surface area (Å²) in [5.41, 5.74) is 0.697. The second-order valence-electron chi connectivity index (χ2n) is 5.36. The molecule has 1 aromatic rings. The van der Waals surface area contributed by atoms with E-state index in [9.17, 15) is 9.90 Å². The number of aliphatic hydroxyl groups is 1. The first-order valence-corrected chi connectivity index (χ1v) is 7.59. The third kappa shape index (κ3) is 4.52. The van der Waals surface area contributed by atoms with Gasteiger partial charge in [0.2, 0.25) is 5.91 Å². The van der Waals surface area contributed by atoms with Gasteiger partial charge in [0, 0.05) is 19.3 Å². The summed E-state index contributed by atoms with van der Waals surface area (Å²) < 4.78 is 1.84. The molecule has 2 unspecified atom stereocenters. The fourth-order valence-corrected chi connectivity index (χ4v) is 2.48. The zero-order valence-corrected chi connectivity index (χ0v) is 12.7. The van der Waals surface area contributed by atoms with Crippen LogP contribution >= 0.6 is 0 Å². The van der Waals surface area contributed by atoms with Crippen LogP contribution in [-0.4, -0.2) is 64.0 Å². The maximum atomic E-state index is 12.0. The number of anilines is 1. The molecule has 0 aliphatic carbocycles. The Kier molecular flexibility index (Phi) is 5.72. The van der Waals surface area contributed by atoms with Gasteiger partial charge < -0.3 is 20.6 Å². The van der Waals surface area contributed by atoms with Crippen LogP contribution in [0, 0.1) is 0 Å². The molecule has 0 aromatic carbocycles. The first kappa shape index (κ1) is 15.9. The van der Waals surface area contributed by atoms with E-state index in [1.165, 1.54) is 0 Å². The van der Waals surface area contributed by atoms with Gasteiger partial charge >= 0.3 is 0 Å². The van der Waals surface area contributed by atoms with Crippen molar-refractivity contribution < 1.29 is 9.90 Å². The standard InChI is InChI=1S/C14H25N5O2/c1-3-18(4-2)5-6-19-10-11(8-16-19)17-14(21)13-7-12(20)9-15-13/h8,10,12-13,15,20H,3-7,9H2,1-2H3,(H,17,21). The van der Waals surface area contributed by atoms with Crippen LogP contribution in [0.5, 0.6) is 0 Å². The second kappa shape index (κ2) is 7.53. The van der Waals surface area contributed by atoms with Gasteiger partial charge in [-0.05, 0) is 19.5 Å². The molecule has 21 heavy (non-hydrogen) atoms. The van der Waals surface area contributed by atoms with Gasteiger partial charge in [0.1, 0.15) is 0 Å². The van der Waals surface area contributed by atoms with Gasteiger partial charge in [-0.15, -0.1) is 0 Å². The number of nitrogens with one attached hydrogen (secondary N) is 2. The van der Waals surface area contributed by atoms with E-state index in [-0.39, 0.29) is 11.9 Å². The van der Waals surface area contributed by atoms with Crippen LogP contribution in [0.15, 0.2) is 12.4 Å². The van der Waals surface area contributed by atoms with Crippen molar-refractivity contribution in [1.82, 2.24) is 20.0 Å². The van der Waals surface area contributed by atoms with E-state index in [4.69, 9.17) is 0 Å². The van der Waals surface area contributed by atoms with Gasteiger partial charge in [-0.25, -0.2) is 0 Å². The first-order valence-electron chi connectivity index (χ1n) is 7.59. The molecule has 0 spiro atoms. The lowest BCUT2D eigenvalue weighted by molar-refractivity contribution is -0.117. The molecule has 1 aliphatic rings. The van der Waals surface area contributed by atoms with Crippen molar-refractivity contribution in [2.24, 2.45) is 0 Å². The predicted molar refractivity (Wildman–Crippen MR) is 81.1 cm³/mol. The highest BCUT2D eigenvalue weighted by atomic mass is 16.3. The third-order valence-electron chi connectivity index (χ3n) is 3.86. The van der Waals surface area contributed by atoms with E-state index in [1.807, 2.05) is 10.9 Å². The molecule has 1 saturated heterocycles. The van der Waals surface area contributed by atoms with Crippen LogP contribution in [0.25, 0.3) is 0 Å². The molecule has 1 aliphatic heterocycles. The van der Waals surface area contributed by atoms with Crippen molar-refractivity contribution >= 4 is 11.6 Å². The highest BCUT2D eigenvalue weighted by Gasteiger charge is 2.28. The van der Waals surface area contributed by atoms with Crippen molar-refractivity contribution in [1.29, 1.82) is 0 Å². The molecule has 3 N–H and O–H groups in total. The molecular formula is C14H25N5O2. The molecule has 1 aromatic heterocycles. The molecule has 7 nitrogen and oxygen atoms in total. The predicted octanol–water partition coefficient (Wildman–Crippen LogP) is -0.114. The van der Waals surface area contributed by atoms with E-state index < -0.39 is 6.10 Å². The average molecular weight is 295 g/mol. The minimum Gasteiger partial charge on any atom is -0.392 e. The van der Waals surface area contributed by atoms with E-state index in [2.05, 4.69) is 34.5 Å². The van der Waals surface area contributed by atoms with Crippen molar-refractivity contribution in [3.05, 3.63) is 12.4 Å². The molecule has 2 atom stereocenters. The van der Waals surface area contributed by atoms with Crippen molar-refractivity contribution in [2.45, 2.75) is 39.0 Å². The van der Waals surface area contributed by atoms with Crippen molar-refractivity contribution in [3.8, 4) is 0 Å².